The molecule has 4 nitrogen and oxygen atoms in total. The van der Waals surface area contributed by atoms with Crippen molar-refractivity contribution in [3.63, 3.8) is 0 Å². The number of carbonyl (C=O) groups is 2. The van der Waals surface area contributed by atoms with Gasteiger partial charge in [0.1, 0.15) is 11.9 Å². The molecule has 5 heteroatoms. The van der Waals surface area contributed by atoms with Gasteiger partial charge in [-0.1, -0.05) is 62.2 Å². The fourth-order valence-electron chi connectivity index (χ4n) is 3.19. The molecular formula is C24H31FN2O2. The van der Waals surface area contributed by atoms with Crippen molar-refractivity contribution in [2.75, 3.05) is 6.54 Å². The molecule has 0 heterocycles. The first-order valence-electron chi connectivity index (χ1n) is 10.3. The van der Waals surface area contributed by atoms with Crippen LogP contribution in [0.4, 0.5) is 4.39 Å². The normalized spacial score (nSPS) is 11.7. The second-order valence-corrected chi connectivity index (χ2v) is 7.38. The van der Waals surface area contributed by atoms with Crippen molar-refractivity contribution in [1.29, 1.82) is 0 Å². The topological polar surface area (TPSA) is 49.4 Å². The SMILES string of the molecule is CCCCNC(=O)[C@@H](CC)N(Cc1ccc(F)cc1)C(=O)Cc1ccc(C)cc1. The largest absolute Gasteiger partial charge is 0.354 e. The molecule has 1 N–H and O–H groups in total. The van der Waals surface area contributed by atoms with Gasteiger partial charge in [-0.05, 0) is 43.0 Å². The highest BCUT2D eigenvalue weighted by Gasteiger charge is 2.28. The summed E-state index contributed by atoms with van der Waals surface area (Å²) in [5.74, 6) is -0.577. The molecule has 0 unspecified atom stereocenters. The van der Waals surface area contributed by atoms with Gasteiger partial charge in [-0.25, -0.2) is 4.39 Å². The van der Waals surface area contributed by atoms with Gasteiger partial charge in [-0.15, -0.1) is 0 Å². The minimum atomic E-state index is -0.560. The number of hydrogen-bond donors (Lipinski definition) is 1. The van der Waals surface area contributed by atoms with Crippen LogP contribution in [-0.2, 0) is 22.6 Å². The van der Waals surface area contributed by atoms with Gasteiger partial charge in [0.15, 0.2) is 0 Å². The van der Waals surface area contributed by atoms with E-state index in [-0.39, 0.29) is 30.6 Å². The maximum Gasteiger partial charge on any atom is 0.242 e. The van der Waals surface area contributed by atoms with E-state index in [9.17, 15) is 14.0 Å². The Morgan fingerprint density at radius 2 is 1.62 bits per heavy atom. The van der Waals surface area contributed by atoms with Crippen LogP contribution >= 0.6 is 0 Å². The molecule has 0 fully saturated rings. The van der Waals surface area contributed by atoms with E-state index in [4.69, 9.17) is 0 Å². The summed E-state index contributed by atoms with van der Waals surface area (Å²) in [5, 5.41) is 2.94. The minimum absolute atomic E-state index is 0.115. The molecule has 0 aliphatic rings. The Kier molecular flexibility index (Phi) is 8.84. The number of halogens is 1. The number of amides is 2. The van der Waals surface area contributed by atoms with Crippen LogP contribution < -0.4 is 5.32 Å². The van der Waals surface area contributed by atoms with Crippen LogP contribution in [0, 0.1) is 12.7 Å². The maximum atomic E-state index is 13.3. The summed E-state index contributed by atoms with van der Waals surface area (Å²) in [4.78, 5) is 27.6. The maximum absolute atomic E-state index is 13.3. The Morgan fingerprint density at radius 3 is 2.21 bits per heavy atom. The van der Waals surface area contributed by atoms with Crippen molar-refractivity contribution in [2.24, 2.45) is 0 Å². The zero-order valence-electron chi connectivity index (χ0n) is 17.6. The van der Waals surface area contributed by atoms with Gasteiger partial charge in [0.05, 0.1) is 6.42 Å². The number of hydrogen-bond acceptors (Lipinski definition) is 2. The summed E-state index contributed by atoms with van der Waals surface area (Å²) in [6.45, 7) is 6.84. The monoisotopic (exact) mass is 398 g/mol. The third-order valence-electron chi connectivity index (χ3n) is 4.96. The molecule has 2 amide bonds. The van der Waals surface area contributed by atoms with E-state index in [1.54, 1.807) is 17.0 Å². The molecule has 0 saturated carbocycles. The van der Waals surface area contributed by atoms with E-state index in [1.165, 1.54) is 12.1 Å². The zero-order valence-corrected chi connectivity index (χ0v) is 17.6. The highest BCUT2D eigenvalue weighted by atomic mass is 19.1. The van der Waals surface area contributed by atoms with Gasteiger partial charge in [0.2, 0.25) is 11.8 Å². The summed E-state index contributed by atoms with van der Waals surface area (Å²) in [5.41, 5.74) is 2.83. The Balaban J connectivity index is 2.22. The molecule has 156 valence electrons. The van der Waals surface area contributed by atoms with Crippen LogP contribution in [0.1, 0.15) is 49.8 Å². The van der Waals surface area contributed by atoms with Crippen LogP contribution in [0.5, 0.6) is 0 Å². The second kappa shape index (κ2) is 11.3. The number of benzene rings is 2. The summed E-state index contributed by atoms with van der Waals surface area (Å²) in [6, 6.07) is 13.3. The summed E-state index contributed by atoms with van der Waals surface area (Å²) in [7, 11) is 0. The predicted octanol–water partition coefficient (Wildman–Crippen LogP) is 4.40. The van der Waals surface area contributed by atoms with E-state index >= 15 is 0 Å². The fraction of sp³-hybridized carbons (Fsp3) is 0.417. The lowest BCUT2D eigenvalue weighted by molar-refractivity contribution is -0.140. The Morgan fingerprint density at radius 1 is 1.00 bits per heavy atom. The van der Waals surface area contributed by atoms with Crippen molar-refractivity contribution in [1.82, 2.24) is 10.2 Å². The van der Waals surface area contributed by atoms with Crippen LogP contribution in [0.2, 0.25) is 0 Å². The summed E-state index contributed by atoms with van der Waals surface area (Å²) < 4.78 is 13.3. The number of nitrogens with zero attached hydrogens (tertiary/aromatic N) is 1. The van der Waals surface area contributed by atoms with E-state index < -0.39 is 6.04 Å². The van der Waals surface area contributed by atoms with E-state index in [1.807, 2.05) is 38.1 Å². The van der Waals surface area contributed by atoms with Crippen LogP contribution in [0.25, 0.3) is 0 Å². The van der Waals surface area contributed by atoms with Gasteiger partial charge < -0.3 is 10.2 Å². The first-order valence-corrected chi connectivity index (χ1v) is 10.3. The molecule has 0 bridgehead atoms. The molecule has 0 aromatic heterocycles. The van der Waals surface area contributed by atoms with Crippen molar-refractivity contribution in [2.45, 2.75) is 59.0 Å². The lowest BCUT2D eigenvalue weighted by Gasteiger charge is -2.31. The molecule has 2 rings (SSSR count). The van der Waals surface area contributed by atoms with Gasteiger partial charge in [-0.3, -0.25) is 9.59 Å². The van der Waals surface area contributed by atoms with E-state index in [0.29, 0.717) is 13.0 Å². The molecule has 2 aromatic rings. The lowest BCUT2D eigenvalue weighted by Crippen LogP contribution is -2.49. The van der Waals surface area contributed by atoms with E-state index in [0.717, 1.165) is 29.5 Å². The molecule has 0 radical (unpaired) electrons. The summed E-state index contributed by atoms with van der Waals surface area (Å²) in [6.07, 6.45) is 2.62. The molecule has 0 saturated heterocycles. The van der Waals surface area contributed by atoms with Crippen molar-refractivity contribution >= 4 is 11.8 Å². The Labute approximate surface area is 173 Å². The molecule has 0 aliphatic heterocycles. The van der Waals surface area contributed by atoms with E-state index in [2.05, 4.69) is 12.2 Å². The molecule has 29 heavy (non-hydrogen) atoms. The molecule has 1 atom stereocenters. The number of unbranched alkanes of at least 4 members (excludes halogenated alkanes) is 1. The van der Waals surface area contributed by atoms with Gasteiger partial charge in [0, 0.05) is 13.1 Å². The first-order chi connectivity index (χ1) is 13.9. The Hall–Kier alpha value is -2.69. The second-order valence-electron chi connectivity index (χ2n) is 7.38. The van der Waals surface area contributed by atoms with Crippen molar-refractivity contribution < 1.29 is 14.0 Å². The Bertz CT molecular complexity index is 788. The fourth-order valence-corrected chi connectivity index (χ4v) is 3.19. The first kappa shape index (κ1) is 22.6. The average Bonchev–Trinajstić information content (AvgIpc) is 2.71. The average molecular weight is 399 g/mol. The lowest BCUT2D eigenvalue weighted by atomic mass is 10.1. The highest BCUT2D eigenvalue weighted by Crippen LogP contribution is 2.15. The molecule has 0 aliphatic carbocycles. The smallest absolute Gasteiger partial charge is 0.242 e. The number of aryl methyl sites for hydroxylation is 1. The van der Waals surface area contributed by atoms with Crippen LogP contribution in [0.15, 0.2) is 48.5 Å². The minimum Gasteiger partial charge on any atom is -0.354 e. The molecule has 2 aromatic carbocycles. The van der Waals surface area contributed by atoms with Gasteiger partial charge in [0.25, 0.3) is 0 Å². The summed E-state index contributed by atoms with van der Waals surface area (Å²) >= 11 is 0. The predicted molar refractivity (Wildman–Crippen MR) is 114 cm³/mol. The molecule has 0 spiro atoms. The number of carbonyl (C=O) groups excluding carboxylic acids is 2. The zero-order chi connectivity index (χ0) is 21.2. The number of nitrogens with one attached hydrogen (secondary N) is 1. The third-order valence-corrected chi connectivity index (χ3v) is 4.96. The van der Waals surface area contributed by atoms with Crippen LogP contribution in [0.3, 0.4) is 0 Å². The quantitative estimate of drug-likeness (QED) is 0.603. The van der Waals surface area contributed by atoms with Crippen LogP contribution in [-0.4, -0.2) is 29.3 Å². The van der Waals surface area contributed by atoms with Crippen molar-refractivity contribution in [3.05, 3.63) is 71.0 Å². The van der Waals surface area contributed by atoms with Crippen molar-refractivity contribution in [3.8, 4) is 0 Å². The van der Waals surface area contributed by atoms with Gasteiger partial charge >= 0.3 is 0 Å². The molecular weight excluding hydrogens is 367 g/mol. The number of rotatable bonds is 10. The standard InChI is InChI=1S/C24H31FN2O2/c1-4-6-15-26-24(29)22(5-2)27(17-20-11-13-21(25)14-12-20)23(28)16-19-9-7-18(3)8-10-19/h7-14,22H,4-6,15-17H2,1-3H3,(H,26,29)/t22-/m1/s1. The highest BCUT2D eigenvalue weighted by molar-refractivity contribution is 5.88. The van der Waals surface area contributed by atoms with Gasteiger partial charge in [-0.2, -0.15) is 0 Å². The third kappa shape index (κ3) is 7.00.